The number of hydrogen-bond acceptors (Lipinski definition) is 4. The number of carboxylic acid groups (broad SMARTS) is 1. The lowest BCUT2D eigenvalue weighted by Crippen LogP contribution is -2.43. The van der Waals surface area contributed by atoms with Crippen LogP contribution in [-0.4, -0.2) is 53.2 Å². The molecule has 2 N–H and O–H groups in total. The number of rotatable bonds is 6. The Balaban J connectivity index is 1.12. The van der Waals surface area contributed by atoms with Crippen LogP contribution in [0.15, 0.2) is 48.5 Å². The lowest BCUT2D eigenvalue weighted by Gasteiger charge is -2.24. The third-order valence-corrected chi connectivity index (χ3v) is 7.94. The molecule has 2 aliphatic carbocycles. The molecule has 2 aromatic rings. The number of carbonyl (C=O) groups excluding carboxylic acids is 2. The Labute approximate surface area is 205 Å². The molecule has 2 unspecified atom stereocenters. The molecule has 7 heteroatoms. The van der Waals surface area contributed by atoms with Crippen LogP contribution in [0, 0.1) is 11.8 Å². The number of nitrogens with zero attached hydrogens (tertiary/aromatic N) is 1. The van der Waals surface area contributed by atoms with Crippen molar-refractivity contribution >= 4 is 18.0 Å². The molecule has 1 saturated carbocycles. The minimum atomic E-state index is -0.926. The molecule has 35 heavy (non-hydrogen) atoms. The second kappa shape index (κ2) is 9.72. The highest BCUT2D eigenvalue weighted by atomic mass is 16.5. The van der Waals surface area contributed by atoms with Crippen molar-refractivity contribution in [3.8, 4) is 11.1 Å². The van der Waals surface area contributed by atoms with E-state index in [-0.39, 0.29) is 36.3 Å². The lowest BCUT2D eigenvalue weighted by molar-refractivity contribution is -0.149. The first-order valence-corrected chi connectivity index (χ1v) is 12.6. The van der Waals surface area contributed by atoms with Crippen LogP contribution in [0.25, 0.3) is 11.1 Å². The monoisotopic (exact) mass is 476 g/mol. The van der Waals surface area contributed by atoms with Gasteiger partial charge in [-0.2, -0.15) is 0 Å². The van der Waals surface area contributed by atoms with Crippen LogP contribution in [-0.2, 0) is 14.3 Å². The summed E-state index contributed by atoms with van der Waals surface area (Å²) in [5, 5.41) is 12.5. The van der Waals surface area contributed by atoms with Gasteiger partial charge in [-0.3, -0.25) is 4.79 Å². The van der Waals surface area contributed by atoms with Crippen LogP contribution in [0.4, 0.5) is 4.79 Å². The minimum absolute atomic E-state index is 0.0205. The van der Waals surface area contributed by atoms with E-state index in [9.17, 15) is 19.5 Å². The van der Waals surface area contributed by atoms with Gasteiger partial charge in [0.15, 0.2) is 0 Å². The number of ether oxygens (including phenoxy) is 1. The molecule has 184 valence electrons. The van der Waals surface area contributed by atoms with Gasteiger partial charge in [0.1, 0.15) is 12.6 Å². The van der Waals surface area contributed by atoms with E-state index in [1.807, 2.05) is 31.2 Å². The highest BCUT2D eigenvalue weighted by molar-refractivity contribution is 5.84. The highest BCUT2D eigenvalue weighted by Gasteiger charge is 2.40. The van der Waals surface area contributed by atoms with Gasteiger partial charge in [-0.1, -0.05) is 55.5 Å². The second-order valence-corrected chi connectivity index (χ2v) is 10.2. The third-order valence-electron chi connectivity index (χ3n) is 7.94. The second-order valence-electron chi connectivity index (χ2n) is 10.2. The summed E-state index contributed by atoms with van der Waals surface area (Å²) in [6, 6.07) is 15.7. The van der Waals surface area contributed by atoms with Crippen molar-refractivity contribution in [1.29, 1.82) is 0 Å². The maximum Gasteiger partial charge on any atom is 0.407 e. The zero-order chi connectivity index (χ0) is 24.5. The molecule has 0 aromatic heterocycles. The Morgan fingerprint density at radius 2 is 1.66 bits per heavy atom. The fourth-order valence-corrected chi connectivity index (χ4v) is 6.17. The molecular formula is C28H32N2O5. The largest absolute Gasteiger partial charge is 0.480 e. The number of carbonyl (C=O) groups is 3. The average molecular weight is 477 g/mol. The van der Waals surface area contributed by atoms with Crippen molar-refractivity contribution in [2.24, 2.45) is 11.8 Å². The molecular weight excluding hydrogens is 444 g/mol. The van der Waals surface area contributed by atoms with Gasteiger partial charge in [0.2, 0.25) is 5.91 Å². The topological polar surface area (TPSA) is 95.9 Å². The summed E-state index contributed by atoms with van der Waals surface area (Å²) < 4.78 is 5.66. The quantitative estimate of drug-likeness (QED) is 0.644. The number of hydrogen-bond donors (Lipinski definition) is 2. The van der Waals surface area contributed by atoms with Crippen LogP contribution in [0.2, 0.25) is 0 Å². The number of amides is 2. The first-order valence-electron chi connectivity index (χ1n) is 12.6. The molecule has 4 atom stereocenters. The Bertz CT molecular complexity index is 1090. The van der Waals surface area contributed by atoms with Gasteiger partial charge in [0.05, 0.1) is 0 Å². The van der Waals surface area contributed by atoms with Crippen molar-refractivity contribution in [2.75, 3.05) is 13.2 Å². The molecule has 1 aliphatic heterocycles. The summed E-state index contributed by atoms with van der Waals surface area (Å²) in [6.07, 6.45) is 2.96. The number of aliphatic carboxylic acids is 1. The van der Waals surface area contributed by atoms with Crippen molar-refractivity contribution in [3.63, 3.8) is 0 Å². The lowest BCUT2D eigenvalue weighted by atomic mass is 9.98. The predicted molar refractivity (Wildman–Crippen MR) is 131 cm³/mol. The van der Waals surface area contributed by atoms with Gasteiger partial charge in [-0.15, -0.1) is 0 Å². The van der Waals surface area contributed by atoms with Crippen LogP contribution >= 0.6 is 0 Å². The maximum atomic E-state index is 12.8. The van der Waals surface area contributed by atoms with E-state index in [4.69, 9.17) is 4.74 Å². The van der Waals surface area contributed by atoms with Crippen molar-refractivity contribution in [2.45, 2.75) is 57.0 Å². The number of fused-ring (bicyclic) bond motifs is 3. The van der Waals surface area contributed by atoms with E-state index in [0.29, 0.717) is 19.4 Å². The molecule has 0 spiro atoms. The van der Waals surface area contributed by atoms with E-state index >= 15 is 0 Å². The van der Waals surface area contributed by atoms with Gasteiger partial charge in [0, 0.05) is 24.9 Å². The Kier molecular flexibility index (Phi) is 6.50. The summed E-state index contributed by atoms with van der Waals surface area (Å²) >= 11 is 0. The molecule has 2 amide bonds. The number of carboxylic acids is 1. The van der Waals surface area contributed by atoms with Crippen LogP contribution in [0.1, 0.15) is 56.1 Å². The van der Waals surface area contributed by atoms with E-state index in [2.05, 4.69) is 29.6 Å². The molecule has 0 radical (unpaired) electrons. The van der Waals surface area contributed by atoms with E-state index in [1.54, 1.807) is 0 Å². The van der Waals surface area contributed by atoms with Crippen molar-refractivity contribution < 1.29 is 24.2 Å². The van der Waals surface area contributed by atoms with Gasteiger partial charge >= 0.3 is 12.1 Å². The molecule has 1 heterocycles. The first kappa shape index (κ1) is 23.4. The standard InChI is InChI=1S/C28H32N2O5/c1-17-12-13-30(26(17)27(32)33)25(31)15-18-10-11-19(14-18)29-28(34)35-16-24-22-8-4-2-6-20(22)21-7-3-5-9-23(21)24/h2-9,17-19,24,26H,10-16H2,1H3,(H,29,34)(H,32,33)/t17?,18-,19+,26?/m0/s1. The fraction of sp³-hybridized carbons (Fsp3) is 0.464. The molecule has 1 saturated heterocycles. The summed E-state index contributed by atoms with van der Waals surface area (Å²) in [5.74, 6) is -0.875. The Morgan fingerprint density at radius 3 is 2.31 bits per heavy atom. The third kappa shape index (κ3) is 4.64. The van der Waals surface area contributed by atoms with Gasteiger partial charge in [-0.25, -0.2) is 9.59 Å². The molecule has 2 aromatic carbocycles. The summed E-state index contributed by atoms with van der Waals surface area (Å²) in [4.78, 5) is 38.5. The Morgan fingerprint density at radius 1 is 1.00 bits per heavy atom. The predicted octanol–water partition coefficient (Wildman–Crippen LogP) is 4.41. The van der Waals surface area contributed by atoms with Crippen LogP contribution in [0.5, 0.6) is 0 Å². The fourth-order valence-electron chi connectivity index (χ4n) is 6.17. The van der Waals surface area contributed by atoms with Crippen molar-refractivity contribution in [1.82, 2.24) is 10.2 Å². The minimum Gasteiger partial charge on any atom is -0.480 e. The van der Waals surface area contributed by atoms with Crippen LogP contribution < -0.4 is 5.32 Å². The number of nitrogens with one attached hydrogen (secondary N) is 1. The van der Waals surface area contributed by atoms with Gasteiger partial charge < -0.3 is 20.1 Å². The Hall–Kier alpha value is -3.35. The molecule has 5 rings (SSSR count). The van der Waals surface area contributed by atoms with E-state index in [1.165, 1.54) is 27.2 Å². The zero-order valence-electron chi connectivity index (χ0n) is 20.0. The van der Waals surface area contributed by atoms with Gasteiger partial charge in [0.25, 0.3) is 0 Å². The number of benzene rings is 2. The van der Waals surface area contributed by atoms with E-state index < -0.39 is 18.1 Å². The maximum absolute atomic E-state index is 12.8. The summed E-state index contributed by atoms with van der Waals surface area (Å²) in [5.41, 5.74) is 4.74. The summed E-state index contributed by atoms with van der Waals surface area (Å²) in [7, 11) is 0. The smallest absolute Gasteiger partial charge is 0.407 e. The number of likely N-dealkylation sites (tertiary alicyclic amines) is 1. The highest BCUT2D eigenvalue weighted by Crippen LogP contribution is 2.44. The number of alkyl carbamates (subject to hydrolysis) is 1. The van der Waals surface area contributed by atoms with Crippen LogP contribution in [0.3, 0.4) is 0 Å². The van der Waals surface area contributed by atoms with Gasteiger partial charge in [-0.05, 0) is 59.8 Å². The first-order chi connectivity index (χ1) is 16.9. The molecule has 3 aliphatic rings. The molecule has 2 fully saturated rings. The molecule has 0 bridgehead atoms. The SMILES string of the molecule is CC1CCN(C(=O)C[C@H]2CC[C@@H](NC(=O)OCC3c4ccccc4-c4ccccc43)C2)C1C(=O)O. The normalized spacial score (nSPS) is 25.2. The van der Waals surface area contributed by atoms with Crippen molar-refractivity contribution in [3.05, 3.63) is 59.7 Å². The summed E-state index contributed by atoms with van der Waals surface area (Å²) in [6.45, 7) is 2.67. The zero-order valence-corrected chi connectivity index (χ0v) is 20.0. The van der Waals surface area contributed by atoms with E-state index in [0.717, 1.165) is 19.3 Å². The molecule has 7 nitrogen and oxygen atoms in total. The average Bonchev–Trinajstić information content (AvgIpc) is 3.53.